The number of aryl methyl sites for hydroxylation is 1. The first-order valence-corrected chi connectivity index (χ1v) is 10.4. The predicted molar refractivity (Wildman–Crippen MR) is 127 cm³/mol. The van der Waals surface area contributed by atoms with Crippen LogP contribution >= 0.6 is 0 Å². The highest BCUT2D eigenvalue weighted by atomic mass is 16.5. The van der Waals surface area contributed by atoms with Gasteiger partial charge in [0.2, 0.25) is 0 Å². The maximum absolute atomic E-state index is 13.1. The van der Waals surface area contributed by atoms with Crippen LogP contribution < -0.4 is 15.6 Å². The number of hydrogen-bond acceptors (Lipinski definition) is 3. The van der Waals surface area contributed by atoms with Crippen molar-refractivity contribution >= 4 is 22.6 Å². The number of nitrogens with zero attached hydrogens (tertiary/aromatic N) is 1. The summed E-state index contributed by atoms with van der Waals surface area (Å²) < 4.78 is 5.22. The SMILES string of the molecule is COc1ccc(CN(Cc2cc3ccc(C)cc3[nH]c2=O)C(=O)Nc2ccccc2)cc1. The second-order valence-electron chi connectivity index (χ2n) is 7.71. The first-order chi connectivity index (χ1) is 15.5. The zero-order valence-electron chi connectivity index (χ0n) is 18.1. The van der Waals surface area contributed by atoms with E-state index in [1.807, 2.05) is 85.8 Å². The lowest BCUT2D eigenvalue weighted by atomic mass is 10.1. The zero-order chi connectivity index (χ0) is 22.5. The van der Waals surface area contributed by atoms with Crippen molar-refractivity contribution in [3.8, 4) is 5.75 Å². The van der Waals surface area contributed by atoms with E-state index in [-0.39, 0.29) is 18.1 Å². The Morgan fingerprint density at radius 1 is 0.969 bits per heavy atom. The number of hydrogen-bond donors (Lipinski definition) is 2. The van der Waals surface area contributed by atoms with Crippen molar-refractivity contribution in [2.75, 3.05) is 12.4 Å². The number of para-hydroxylation sites is 1. The maximum Gasteiger partial charge on any atom is 0.322 e. The zero-order valence-corrected chi connectivity index (χ0v) is 18.1. The number of ether oxygens (including phenoxy) is 1. The van der Waals surface area contributed by atoms with Crippen LogP contribution in [-0.2, 0) is 13.1 Å². The van der Waals surface area contributed by atoms with Gasteiger partial charge in [0, 0.05) is 23.3 Å². The lowest BCUT2D eigenvalue weighted by molar-refractivity contribution is 0.206. The Kier molecular flexibility index (Phi) is 6.22. The summed E-state index contributed by atoms with van der Waals surface area (Å²) in [6.07, 6.45) is 0. The van der Waals surface area contributed by atoms with Crippen molar-refractivity contribution in [1.82, 2.24) is 9.88 Å². The van der Waals surface area contributed by atoms with E-state index in [9.17, 15) is 9.59 Å². The number of methoxy groups -OCH3 is 1. The van der Waals surface area contributed by atoms with E-state index in [1.165, 1.54) is 0 Å². The van der Waals surface area contributed by atoms with Gasteiger partial charge in [0.15, 0.2) is 0 Å². The number of H-pyrrole nitrogens is 1. The van der Waals surface area contributed by atoms with Crippen LogP contribution in [0.25, 0.3) is 10.9 Å². The van der Waals surface area contributed by atoms with Gasteiger partial charge in [0.05, 0.1) is 13.7 Å². The van der Waals surface area contributed by atoms with E-state index in [1.54, 1.807) is 12.0 Å². The van der Waals surface area contributed by atoms with Gasteiger partial charge in [-0.3, -0.25) is 4.79 Å². The van der Waals surface area contributed by atoms with Crippen molar-refractivity contribution in [3.05, 3.63) is 106 Å². The quantitative estimate of drug-likeness (QED) is 0.451. The molecule has 162 valence electrons. The van der Waals surface area contributed by atoms with Crippen LogP contribution in [0.15, 0.2) is 83.7 Å². The second-order valence-corrected chi connectivity index (χ2v) is 7.71. The Hall–Kier alpha value is -4.06. The summed E-state index contributed by atoms with van der Waals surface area (Å²) >= 11 is 0. The summed E-state index contributed by atoms with van der Waals surface area (Å²) in [6.45, 7) is 2.49. The topological polar surface area (TPSA) is 74.4 Å². The van der Waals surface area contributed by atoms with Crippen LogP contribution in [0.3, 0.4) is 0 Å². The molecule has 4 rings (SSSR count). The van der Waals surface area contributed by atoms with Crippen molar-refractivity contribution in [2.24, 2.45) is 0 Å². The molecule has 2 N–H and O–H groups in total. The van der Waals surface area contributed by atoms with E-state index < -0.39 is 0 Å². The number of aromatic nitrogens is 1. The Morgan fingerprint density at radius 2 is 1.72 bits per heavy atom. The lowest BCUT2D eigenvalue weighted by Crippen LogP contribution is -2.35. The number of aromatic amines is 1. The lowest BCUT2D eigenvalue weighted by Gasteiger charge is -2.23. The molecule has 4 aromatic rings. The molecule has 0 aliphatic carbocycles. The fourth-order valence-electron chi connectivity index (χ4n) is 3.56. The van der Waals surface area contributed by atoms with E-state index in [0.29, 0.717) is 17.8 Å². The third-order valence-electron chi connectivity index (χ3n) is 5.28. The van der Waals surface area contributed by atoms with Gasteiger partial charge in [-0.2, -0.15) is 0 Å². The van der Waals surface area contributed by atoms with Gasteiger partial charge in [-0.15, -0.1) is 0 Å². The molecule has 2 amide bonds. The number of fused-ring (bicyclic) bond motifs is 1. The van der Waals surface area contributed by atoms with Crippen molar-refractivity contribution in [2.45, 2.75) is 20.0 Å². The summed E-state index contributed by atoms with van der Waals surface area (Å²) in [5.41, 5.74) is 3.81. The molecule has 6 nitrogen and oxygen atoms in total. The number of urea groups is 1. The van der Waals surface area contributed by atoms with Gasteiger partial charge in [-0.1, -0.05) is 42.5 Å². The van der Waals surface area contributed by atoms with E-state index in [0.717, 1.165) is 27.8 Å². The predicted octanol–water partition coefficient (Wildman–Crippen LogP) is 5.08. The highest BCUT2D eigenvalue weighted by Crippen LogP contribution is 2.18. The molecule has 0 radical (unpaired) electrons. The number of carbonyl (C=O) groups is 1. The smallest absolute Gasteiger partial charge is 0.322 e. The monoisotopic (exact) mass is 427 g/mol. The third-order valence-corrected chi connectivity index (χ3v) is 5.28. The number of pyridine rings is 1. The summed E-state index contributed by atoms with van der Waals surface area (Å²) in [7, 11) is 1.61. The van der Waals surface area contributed by atoms with Crippen LogP contribution in [0.5, 0.6) is 5.75 Å². The molecule has 0 saturated carbocycles. The molecular formula is C26H25N3O3. The highest BCUT2D eigenvalue weighted by Gasteiger charge is 2.17. The first kappa shape index (κ1) is 21.2. The van der Waals surface area contributed by atoms with Gasteiger partial charge in [0.1, 0.15) is 5.75 Å². The summed E-state index contributed by atoms with van der Waals surface area (Å²) in [5, 5.41) is 3.85. The maximum atomic E-state index is 13.1. The summed E-state index contributed by atoms with van der Waals surface area (Å²) in [5.74, 6) is 0.746. The molecule has 1 aromatic heterocycles. The van der Waals surface area contributed by atoms with Crippen LogP contribution in [0.2, 0.25) is 0 Å². The Morgan fingerprint density at radius 3 is 2.44 bits per heavy atom. The molecule has 6 heteroatoms. The average molecular weight is 428 g/mol. The Labute approximate surface area is 186 Å². The van der Waals surface area contributed by atoms with Crippen molar-refractivity contribution in [1.29, 1.82) is 0 Å². The van der Waals surface area contributed by atoms with Gasteiger partial charge >= 0.3 is 6.03 Å². The van der Waals surface area contributed by atoms with Crippen LogP contribution in [-0.4, -0.2) is 23.0 Å². The molecule has 32 heavy (non-hydrogen) atoms. The fourth-order valence-corrected chi connectivity index (χ4v) is 3.56. The van der Waals surface area contributed by atoms with Crippen LogP contribution in [0.1, 0.15) is 16.7 Å². The van der Waals surface area contributed by atoms with Crippen LogP contribution in [0.4, 0.5) is 10.5 Å². The van der Waals surface area contributed by atoms with Crippen molar-refractivity contribution < 1.29 is 9.53 Å². The Bertz CT molecular complexity index is 1280. The summed E-state index contributed by atoms with van der Waals surface area (Å²) in [4.78, 5) is 30.5. The standard InChI is InChI=1S/C26H25N3O3/c1-18-8-11-20-15-21(25(30)28-24(20)14-18)17-29(16-19-9-12-23(32-2)13-10-19)26(31)27-22-6-4-3-5-7-22/h3-15H,16-17H2,1-2H3,(H,27,31)(H,28,30). The molecule has 0 saturated heterocycles. The largest absolute Gasteiger partial charge is 0.497 e. The molecule has 0 aliphatic heterocycles. The third kappa shape index (κ3) is 4.98. The normalized spacial score (nSPS) is 10.7. The van der Waals surface area contributed by atoms with E-state index >= 15 is 0 Å². The molecule has 0 aliphatic rings. The van der Waals surface area contributed by atoms with E-state index in [2.05, 4.69) is 10.3 Å². The molecule has 0 fully saturated rings. The minimum atomic E-state index is -0.282. The van der Waals surface area contributed by atoms with Crippen molar-refractivity contribution in [3.63, 3.8) is 0 Å². The van der Waals surface area contributed by atoms with Gasteiger partial charge in [-0.25, -0.2) is 4.79 Å². The fraction of sp³-hybridized carbons (Fsp3) is 0.154. The molecule has 0 spiro atoms. The molecule has 0 bridgehead atoms. The number of anilines is 1. The van der Waals surface area contributed by atoms with E-state index in [4.69, 9.17) is 4.74 Å². The average Bonchev–Trinajstić information content (AvgIpc) is 2.80. The highest BCUT2D eigenvalue weighted by molar-refractivity contribution is 5.89. The minimum Gasteiger partial charge on any atom is -0.497 e. The molecule has 0 atom stereocenters. The molecule has 3 aromatic carbocycles. The Balaban J connectivity index is 1.63. The van der Waals surface area contributed by atoms with Gasteiger partial charge in [-0.05, 0) is 59.8 Å². The number of carbonyl (C=O) groups excluding carboxylic acids is 1. The molecule has 1 heterocycles. The number of nitrogens with one attached hydrogen (secondary N) is 2. The number of benzene rings is 3. The van der Waals surface area contributed by atoms with Crippen LogP contribution in [0, 0.1) is 6.92 Å². The number of rotatable bonds is 6. The molecular weight excluding hydrogens is 402 g/mol. The van der Waals surface area contributed by atoms with Gasteiger partial charge in [0.25, 0.3) is 5.56 Å². The second kappa shape index (κ2) is 9.39. The molecule has 0 unspecified atom stereocenters. The summed E-state index contributed by atoms with van der Waals surface area (Å²) in [6, 6.07) is 24.3. The van der Waals surface area contributed by atoms with Gasteiger partial charge < -0.3 is 19.9 Å². The minimum absolute atomic E-state index is 0.170. The number of amides is 2. The first-order valence-electron chi connectivity index (χ1n) is 10.4.